The summed E-state index contributed by atoms with van der Waals surface area (Å²) in [5, 5.41) is 9.05. The van der Waals surface area contributed by atoms with Gasteiger partial charge in [0.25, 0.3) is 0 Å². The molecule has 1 N–H and O–H groups in total. The molecule has 20 heavy (non-hydrogen) atoms. The Morgan fingerprint density at radius 2 is 1.75 bits per heavy atom. The molecule has 1 saturated carbocycles. The minimum Gasteiger partial charge on any atom is -0.481 e. The molecule has 1 fully saturated rings. The molecule has 1 rings (SSSR count). The van der Waals surface area contributed by atoms with Gasteiger partial charge in [-0.05, 0) is 32.1 Å². The predicted molar refractivity (Wildman–Crippen MR) is 79.4 cm³/mol. The van der Waals surface area contributed by atoms with Gasteiger partial charge >= 0.3 is 5.97 Å². The first kappa shape index (κ1) is 17.0. The molecular formula is C16H29NO3. The molecule has 1 unspecified atom stereocenters. The molecule has 116 valence electrons. The predicted octanol–water partition coefficient (Wildman–Crippen LogP) is 3.16. The van der Waals surface area contributed by atoms with Crippen LogP contribution in [0.4, 0.5) is 0 Å². The molecule has 0 bridgehead atoms. The van der Waals surface area contributed by atoms with E-state index in [1.807, 2.05) is 6.92 Å². The quantitative estimate of drug-likeness (QED) is 0.780. The van der Waals surface area contributed by atoms with Crippen LogP contribution in [0.2, 0.25) is 0 Å². The maximum Gasteiger partial charge on any atom is 0.308 e. The summed E-state index contributed by atoms with van der Waals surface area (Å²) in [5.41, 5.74) is -0.234. The molecule has 0 saturated heterocycles. The van der Waals surface area contributed by atoms with E-state index < -0.39 is 11.9 Å². The van der Waals surface area contributed by atoms with E-state index in [0.717, 1.165) is 32.1 Å². The van der Waals surface area contributed by atoms with Gasteiger partial charge in [-0.1, -0.05) is 33.6 Å². The van der Waals surface area contributed by atoms with E-state index in [1.54, 1.807) is 11.8 Å². The minimum atomic E-state index is -0.833. The largest absolute Gasteiger partial charge is 0.481 e. The zero-order valence-electron chi connectivity index (χ0n) is 13.3. The van der Waals surface area contributed by atoms with Crippen molar-refractivity contribution < 1.29 is 14.7 Å². The normalized spacial score (nSPS) is 19.1. The van der Waals surface area contributed by atoms with Gasteiger partial charge in [0, 0.05) is 18.5 Å². The molecule has 4 heteroatoms. The number of carboxylic acids is 1. The molecule has 1 aliphatic rings. The summed E-state index contributed by atoms with van der Waals surface area (Å²) in [6.07, 6.45) is 5.07. The average molecular weight is 283 g/mol. The van der Waals surface area contributed by atoms with Crippen LogP contribution in [0.3, 0.4) is 0 Å². The Bertz CT molecular complexity index is 346. The van der Waals surface area contributed by atoms with Crippen LogP contribution >= 0.6 is 0 Å². The summed E-state index contributed by atoms with van der Waals surface area (Å²) in [6, 6.07) is 0. The van der Waals surface area contributed by atoms with Gasteiger partial charge in [0.2, 0.25) is 5.91 Å². The van der Waals surface area contributed by atoms with Crippen molar-refractivity contribution in [3.8, 4) is 0 Å². The molecule has 1 amide bonds. The highest BCUT2D eigenvalue weighted by molar-refractivity contribution is 5.83. The van der Waals surface area contributed by atoms with Gasteiger partial charge in [-0.2, -0.15) is 0 Å². The molecule has 4 nitrogen and oxygen atoms in total. The van der Waals surface area contributed by atoms with Gasteiger partial charge in [-0.3, -0.25) is 9.59 Å². The van der Waals surface area contributed by atoms with Crippen LogP contribution < -0.4 is 0 Å². The Balaban J connectivity index is 2.83. The number of carbonyl (C=O) groups excluding carboxylic acids is 1. The van der Waals surface area contributed by atoms with E-state index in [1.165, 1.54) is 0 Å². The third-order valence-electron chi connectivity index (χ3n) is 4.40. The van der Waals surface area contributed by atoms with Gasteiger partial charge < -0.3 is 10.0 Å². The number of nitrogens with zero attached hydrogens (tertiary/aromatic N) is 1. The summed E-state index contributed by atoms with van der Waals surface area (Å²) >= 11 is 0. The zero-order chi connectivity index (χ0) is 15.3. The van der Waals surface area contributed by atoms with Crippen molar-refractivity contribution in [1.82, 2.24) is 4.90 Å². The van der Waals surface area contributed by atoms with E-state index >= 15 is 0 Å². The Morgan fingerprint density at radius 1 is 1.20 bits per heavy atom. The van der Waals surface area contributed by atoms with Crippen LogP contribution in [-0.4, -0.2) is 35.0 Å². The second-order valence-corrected chi connectivity index (χ2v) is 6.67. The van der Waals surface area contributed by atoms with E-state index in [4.69, 9.17) is 5.11 Å². The van der Waals surface area contributed by atoms with Crippen LogP contribution in [0.5, 0.6) is 0 Å². The first-order valence-corrected chi connectivity index (χ1v) is 7.84. The third kappa shape index (κ3) is 3.97. The lowest BCUT2D eigenvalue weighted by molar-refractivity contribution is -0.147. The number of aliphatic carboxylic acids is 1. The van der Waals surface area contributed by atoms with E-state index in [0.29, 0.717) is 19.0 Å². The van der Waals surface area contributed by atoms with Crippen LogP contribution in [-0.2, 0) is 9.59 Å². The van der Waals surface area contributed by atoms with Gasteiger partial charge in [-0.25, -0.2) is 0 Å². The van der Waals surface area contributed by atoms with Crippen LogP contribution in [0.1, 0.15) is 59.8 Å². The number of hydrogen-bond acceptors (Lipinski definition) is 2. The van der Waals surface area contributed by atoms with Crippen molar-refractivity contribution >= 4 is 11.9 Å². The van der Waals surface area contributed by atoms with Crippen LogP contribution in [0, 0.1) is 17.3 Å². The van der Waals surface area contributed by atoms with E-state index in [2.05, 4.69) is 13.8 Å². The van der Waals surface area contributed by atoms with E-state index in [9.17, 15) is 9.59 Å². The van der Waals surface area contributed by atoms with Gasteiger partial charge in [0.05, 0.1) is 5.92 Å². The number of rotatable bonds is 7. The fraction of sp³-hybridized carbons (Fsp3) is 0.875. The standard InChI is InChI=1S/C16H29NO3/c1-5-17(11-13(4)14(18)19)15(20)16(10-12(2)3)8-6-7-9-16/h12-13H,5-11H2,1-4H3,(H,18,19). The molecule has 0 aliphatic heterocycles. The maximum absolute atomic E-state index is 12.9. The maximum atomic E-state index is 12.9. The number of carboxylic acid groups (broad SMARTS) is 1. The van der Waals surface area contributed by atoms with E-state index in [-0.39, 0.29) is 11.3 Å². The lowest BCUT2D eigenvalue weighted by Crippen LogP contribution is -2.45. The second-order valence-electron chi connectivity index (χ2n) is 6.67. The molecule has 1 aliphatic carbocycles. The summed E-state index contributed by atoms with van der Waals surface area (Å²) < 4.78 is 0. The molecule has 1 atom stereocenters. The molecule has 0 aromatic rings. The van der Waals surface area contributed by atoms with Gasteiger partial charge in [-0.15, -0.1) is 0 Å². The molecule has 0 spiro atoms. The zero-order valence-corrected chi connectivity index (χ0v) is 13.3. The summed E-state index contributed by atoms with van der Waals surface area (Å²) in [7, 11) is 0. The van der Waals surface area contributed by atoms with Crippen molar-refractivity contribution in [2.45, 2.75) is 59.8 Å². The third-order valence-corrected chi connectivity index (χ3v) is 4.40. The Morgan fingerprint density at radius 3 is 2.15 bits per heavy atom. The number of amides is 1. The first-order chi connectivity index (χ1) is 9.32. The van der Waals surface area contributed by atoms with Crippen molar-refractivity contribution in [3.63, 3.8) is 0 Å². The lowest BCUT2D eigenvalue weighted by atomic mass is 9.77. The highest BCUT2D eigenvalue weighted by Crippen LogP contribution is 2.44. The molecule has 0 heterocycles. The minimum absolute atomic E-state index is 0.180. The lowest BCUT2D eigenvalue weighted by Gasteiger charge is -2.36. The number of hydrogen-bond donors (Lipinski definition) is 1. The highest BCUT2D eigenvalue weighted by Gasteiger charge is 2.43. The monoisotopic (exact) mass is 283 g/mol. The van der Waals surface area contributed by atoms with Crippen molar-refractivity contribution in [3.05, 3.63) is 0 Å². The fourth-order valence-electron chi connectivity index (χ4n) is 3.44. The van der Waals surface area contributed by atoms with Crippen molar-refractivity contribution in [2.75, 3.05) is 13.1 Å². The Hall–Kier alpha value is -1.06. The number of carbonyl (C=O) groups is 2. The summed E-state index contributed by atoms with van der Waals surface area (Å²) in [4.78, 5) is 25.7. The van der Waals surface area contributed by atoms with Gasteiger partial charge in [0.15, 0.2) is 0 Å². The van der Waals surface area contributed by atoms with Crippen molar-refractivity contribution in [1.29, 1.82) is 0 Å². The molecule has 0 aromatic carbocycles. The smallest absolute Gasteiger partial charge is 0.308 e. The summed E-state index contributed by atoms with van der Waals surface area (Å²) in [5.74, 6) is -0.663. The second kappa shape index (κ2) is 7.09. The summed E-state index contributed by atoms with van der Waals surface area (Å²) in [6.45, 7) is 8.83. The highest BCUT2D eigenvalue weighted by atomic mass is 16.4. The Kier molecular flexibility index (Phi) is 6.03. The molecular weight excluding hydrogens is 254 g/mol. The fourth-order valence-corrected chi connectivity index (χ4v) is 3.44. The van der Waals surface area contributed by atoms with Crippen LogP contribution in [0.15, 0.2) is 0 Å². The SMILES string of the molecule is CCN(CC(C)C(=O)O)C(=O)C1(CC(C)C)CCCC1. The first-order valence-electron chi connectivity index (χ1n) is 7.84. The molecule has 0 aromatic heterocycles. The Labute approximate surface area is 122 Å². The van der Waals surface area contributed by atoms with Crippen LogP contribution in [0.25, 0.3) is 0 Å². The van der Waals surface area contributed by atoms with Gasteiger partial charge in [0.1, 0.15) is 0 Å². The van der Waals surface area contributed by atoms with Crippen molar-refractivity contribution in [2.24, 2.45) is 17.3 Å². The molecule has 0 radical (unpaired) electrons. The average Bonchev–Trinajstić information content (AvgIpc) is 2.83. The topological polar surface area (TPSA) is 57.6 Å².